The minimum atomic E-state index is 0.465. The number of nitrogens with two attached hydrogens (primary N) is 1. The summed E-state index contributed by atoms with van der Waals surface area (Å²) in [5.74, 6) is 0.831. The standard InChI is InChI=1S/C17H24N4/c1-14-13-19-21(17(14)18)16-8-11-20(12-9-16)10-7-15-5-3-2-4-6-15/h2-6,13,16H,7-12,18H2,1H3. The second-order valence-corrected chi connectivity index (χ2v) is 5.97. The summed E-state index contributed by atoms with van der Waals surface area (Å²) in [6.45, 7) is 5.43. The fourth-order valence-electron chi connectivity index (χ4n) is 3.07. The Labute approximate surface area is 126 Å². The lowest BCUT2D eigenvalue weighted by Crippen LogP contribution is -2.36. The van der Waals surface area contributed by atoms with Gasteiger partial charge in [-0.2, -0.15) is 5.10 Å². The molecule has 4 heteroatoms. The molecule has 0 bridgehead atoms. The third-order valence-corrected chi connectivity index (χ3v) is 4.49. The van der Waals surface area contributed by atoms with Gasteiger partial charge in [-0.3, -0.25) is 0 Å². The highest BCUT2D eigenvalue weighted by molar-refractivity contribution is 5.37. The average molecular weight is 284 g/mol. The van der Waals surface area contributed by atoms with E-state index in [-0.39, 0.29) is 0 Å². The van der Waals surface area contributed by atoms with Crippen LogP contribution in [-0.4, -0.2) is 34.3 Å². The molecule has 3 rings (SSSR count). The summed E-state index contributed by atoms with van der Waals surface area (Å²) >= 11 is 0. The fourth-order valence-corrected chi connectivity index (χ4v) is 3.07. The zero-order valence-electron chi connectivity index (χ0n) is 12.7. The molecule has 1 aliphatic heterocycles. The van der Waals surface area contributed by atoms with Crippen LogP contribution in [-0.2, 0) is 6.42 Å². The van der Waals surface area contributed by atoms with E-state index in [1.807, 2.05) is 17.8 Å². The van der Waals surface area contributed by atoms with Crippen molar-refractivity contribution in [3.8, 4) is 0 Å². The van der Waals surface area contributed by atoms with Gasteiger partial charge in [0.15, 0.2) is 0 Å². The van der Waals surface area contributed by atoms with Crippen molar-refractivity contribution < 1.29 is 0 Å². The predicted octanol–water partition coefficient (Wildman–Crippen LogP) is 2.65. The Kier molecular flexibility index (Phi) is 4.25. The summed E-state index contributed by atoms with van der Waals surface area (Å²) in [6, 6.07) is 11.2. The Bertz CT molecular complexity index is 568. The number of nitrogens with zero attached hydrogens (tertiary/aromatic N) is 3. The van der Waals surface area contributed by atoms with Gasteiger partial charge in [-0.15, -0.1) is 0 Å². The number of nitrogen functional groups attached to an aromatic ring is 1. The molecule has 1 aliphatic rings. The Balaban J connectivity index is 1.50. The van der Waals surface area contributed by atoms with Crippen LogP contribution in [0.4, 0.5) is 5.82 Å². The molecule has 2 heterocycles. The van der Waals surface area contributed by atoms with Crippen molar-refractivity contribution >= 4 is 5.82 Å². The van der Waals surface area contributed by atoms with E-state index in [4.69, 9.17) is 5.73 Å². The van der Waals surface area contributed by atoms with Crippen LogP contribution in [0.15, 0.2) is 36.5 Å². The molecule has 0 amide bonds. The second kappa shape index (κ2) is 6.31. The van der Waals surface area contributed by atoms with Crippen LogP contribution in [0, 0.1) is 6.92 Å². The Morgan fingerprint density at radius 1 is 1.19 bits per heavy atom. The number of rotatable bonds is 4. The molecule has 1 aromatic carbocycles. The van der Waals surface area contributed by atoms with Crippen molar-refractivity contribution in [3.05, 3.63) is 47.7 Å². The lowest BCUT2D eigenvalue weighted by molar-refractivity contribution is 0.183. The number of hydrogen-bond acceptors (Lipinski definition) is 3. The first-order valence-corrected chi connectivity index (χ1v) is 7.80. The topological polar surface area (TPSA) is 47.1 Å². The normalized spacial score (nSPS) is 17.2. The summed E-state index contributed by atoms with van der Waals surface area (Å²) in [6.07, 6.45) is 5.28. The zero-order chi connectivity index (χ0) is 14.7. The maximum absolute atomic E-state index is 6.09. The number of likely N-dealkylation sites (tertiary alicyclic amines) is 1. The van der Waals surface area contributed by atoms with Crippen LogP contribution in [0.25, 0.3) is 0 Å². The smallest absolute Gasteiger partial charge is 0.124 e. The molecular weight excluding hydrogens is 260 g/mol. The van der Waals surface area contributed by atoms with E-state index < -0.39 is 0 Å². The van der Waals surface area contributed by atoms with E-state index in [2.05, 4.69) is 40.3 Å². The minimum absolute atomic E-state index is 0.465. The van der Waals surface area contributed by atoms with E-state index in [0.29, 0.717) is 6.04 Å². The van der Waals surface area contributed by atoms with Crippen LogP contribution in [0.5, 0.6) is 0 Å². The zero-order valence-corrected chi connectivity index (χ0v) is 12.7. The molecule has 1 aromatic heterocycles. The van der Waals surface area contributed by atoms with Gasteiger partial charge in [0.1, 0.15) is 5.82 Å². The van der Waals surface area contributed by atoms with Crippen molar-refractivity contribution in [2.24, 2.45) is 0 Å². The van der Waals surface area contributed by atoms with Crippen LogP contribution in [0.3, 0.4) is 0 Å². The van der Waals surface area contributed by atoms with E-state index in [9.17, 15) is 0 Å². The van der Waals surface area contributed by atoms with Gasteiger partial charge < -0.3 is 10.6 Å². The monoisotopic (exact) mass is 284 g/mol. The highest BCUT2D eigenvalue weighted by atomic mass is 15.3. The molecule has 2 aromatic rings. The number of hydrogen-bond donors (Lipinski definition) is 1. The fraction of sp³-hybridized carbons (Fsp3) is 0.471. The number of piperidine rings is 1. The molecule has 112 valence electrons. The summed E-state index contributed by atoms with van der Waals surface area (Å²) < 4.78 is 2.02. The summed E-state index contributed by atoms with van der Waals surface area (Å²) in [4.78, 5) is 2.55. The Hall–Kier alpha value is -1.81. The van der Waals surface area contributed by atoms with Crippen molar-refractivity contribution in [3.63, 3.8) is 0 Å². The molecule has 0 radical (unpaired) electrons. The van der Waals surface area contributed by atoms with E-state index >= 15 is 0 Å². The van der Waals surface area contributed by atoms with Gasteiger partial charge in [-0.1, -0.05) is 30.3 Å². The van der Waals surface area contributed by atoms with Crippen molar-refractivity contribution in [2.45, 2.75) is 32.2 Å². The van der Waals surface area contributed by atoms with Gasteiger partial charge in [0.05, 0.1) is 12.2 Å². The van der Waals surface area contributed by atoms with E-state index in [0.717, 1.165) is 50.3 Å². The number of anilines is 1. The van der Waals surface area contributed by atoms with E-state index in [1.165, 1.54) is 5.56 Å². The quantitative estimate of drug-likeness (QED) is 0.939. The molecule has 1 fully saturated rings. The number of aryl methyl sites for hydroxylation is 1. The van der Waals surface area contributed by atoms with E-state index in [1.54, 1.807) is 0 Å². The molecule has 0 aliphatic carbocycles. The molecule has 0 spiro atoms. The predicted molar refractivity (Wildman–Crippen MR) is 86.2 cm³/mol. The first-order valence-electron chi connectivity index (χ1n) is 7.80. The van der Waals surface area contributed by atoms with Gasteiger partial charge in [0, 0.05) is 25.2 Å². The molecule has 4 nitrogen and oxygen atoms in total. The maximum atomic E-state index is 6.09. The Morgan fingerprint density at radius 2 is 1.90 bits per heavy atom. The average Bonchev–Trinajstić information content (AvgIpc) is 2.87. The maximum Gasteiger partial charge on any atom is 0.124 e. The third-order valence-electron chi connectivity index (χ3n) is 4.49. The molecule has 0 unspecified atom stereocenters. The third kappa shape index (κ3) is 3.27. The minimum Gasteiger partial charge on any atom is -0.384 e. The SMILES string of the molecule is Cc1cnn(C2CCN(CCc3ccccc3)CC2)c1N. The lowest BCUT2D eigenvalue weighted by Gasteiger charge is -2.32. The van der Waals surface area contributed by atoms with Crippen molar-refractivity contribution in [1.29, 1.82) is 0 Å². The Morgan fingerprint density at radius 3 is 2.52 bits per heavy atom. The molecule has 1 saturated heterocycles. The highest BCUT2D eigenvalue weighted by Crippen LogP contribution is 2.25. The molecule has 0 atom stereocenters. The number of aromatic nitrogens is 2. The first-order chi connectivity index (χ1) is 10.2. The molecule has 0 saturated carbocycles. The molecule has 21 heavy (non-hydrogen) atoms. The van der Waals surface area contributed by atoms with Crippen LogP contribution in [0.1, 0.15) is 30.0 Å². The van der Waals surface area contributed by atoms with Crippen molar-refractivity contribution in [2.75, 3.05) is 25.4 Å². The highest BCUT2D eigenvalue weighted by Gasteiger charge is 2.22. The second-order valence-electron chi connectivity index (χ2n) is 5.97. The van der Waals surface area contributed by atoms with Crippen molar-refractivity contribution in [1.82, 2.24) is 14.7 Å². The molecular formula is C17H24N4. The van der Waals surface area contributed by atoms with Crippen LogP contribution >= 0.6 is 0 Å². The largest absolute Gasteiger partial charge is 0.384 e. The van der Waals surface area contributed by atoms with Gasteiger partial charge in [-0.05, 0) is 31.7 Å². The van der Waals surface area contributed by atoms with Gasteiger partial charge >= 0.3 is 0 Å². The van der Waals surface area contributed by atoms with Gasteiger partial charge in [-0.25, -0.2) is 4.68 Å². The lowest BCUT2D eigenvalue weighted by atomic mass is 10.0. The molecule has 2 N–H and O–H groups in total. The van der Waals surface area contributed by atoms with Crippen LogP contribution < -0.4 is 5.73 Å². The summed E-state index contributed by atoms with van der Waals surface area (Å²) in [5.41, 5.74) is 8.60. The summed E-state index contributed by atoms with van der Waals surface area (Å²) in [7, 11) is 0. The number of benzene rings is 1. The van der Waals surface area contributed by atoms with Gasteiger partial charge in [0.25, 0.3) is 0 Å². The first kappa shape index (κ1) is 14.1. The van der Waals surface area contributed by atoms with Crippen LogP contribution in [0.2, 0.25) is 0 Å². The van der Waals surface area contributed by atoms with Gasteiger partial charge in [0.2, 0.25) is 0 Å². The summed E-state index contributed by atoms with van der Waals surface area (Å²) in [5, 5.41) is 4.43.